The first-order valence-corrected chi connectivity index (χ1v) is 15.5. The summed E-state index contributed by atoms with van der Waals surface area (Å²) in [4.78, 5) is 48.7. The van der Waals surface area contributed by atoms with Gasteiger partial charge in [-0.05, 0) is 72.8 Å². The van der Waals surface area contributed by atoms with Crippen LogP contribution in [0.5, 0.6) is 0 Å². The summed E-state index contributed by atoms with van der Waals surface area (Å²) < 4.78 is 16.8. The van der Waals surface area contributed by atoms with Gasteiger partial charge < -0.3 is 29.5 Å². The SMILES string of the molecule is CCOC[C@@H](CC(C)C)NC(=O)[C@@H]1CN(C(=O)OC(C)(C)C)C[C@H](C(=O)N(c2ccc(C(C)(C)OC)cn2)C2CC2)[C@@H]1O. The second kappa shape index (κ2) is 14.3. The van der Waals surface area contributed by atoms with Crippen LogP contribution in [0.15, 0.2) is 18.3 Å². The largest absolute Gasteiger partial charge is 0.444 e. The highest BCUT2D eigenvalue weighted by Gasteiger charge is 2.49. The molecule has 11 nitrogen and oxygen atoms in total. The average Bonchev–Trinajstić information content (AvgIpc) is 3.76. The molecule has 1 saturated carbocycles. The van der Waals surface area contributed by atoms with Crippen molar-refractivity contribution in [3.63, 3.8) is 0 Å². The Kier molecular flexibility index (Phi) is 11.6. The number of aliphatic hydroxyl groups excluding tert-OH is 1. The molecule has 3 rings (SSSR count). The highest BCUT2D eigenvalue weighted by molar-refractivity contribution is 5.97. The van der Waals surface area contributed by atoms with Gasteiger partial charge in [-0.3, -0.25) is 14.5 Å². The van der Waals surface area contributed by atoms with Crippen molar-refractivity contribution >= 4 is 23.7 Å². The smallest absolute Gasteiger partial charge is 0.410 e. The van der Waals surface area contributed by atoms with E-state index in [2.05, 4.69) is 24.1 Å². The molecule has 11 heteroatoms. The van der Waals surface area contributed by atoms with Crippen molar-refractivity contribution < 1.29 is 33.7 Å². The Hall–Kier alpha value is -2.76. The Morgan fingerprint density at radius 1 is 1.12 bits per heavy atom. The number of methoxy groups -OCH3 is 1. The van der Waals surface area contributed by atoms with Crippen molar-refractivity contribution in [1.29, 1.82) is 0 Å². The molecule has 2 aliphatic rings. The highest BCUT2D eigenvalue weighted by Crippen LogP contribution is 2.36. The number of hydrogen-bond donors (Lipinski definition) is 2. The fourth-order valence-electron chi connectivity index (χ4n) is 5.28. The van der Waals surface area contributed by atoms with Crippen molar-refractivity contribution in [2.75, 3.05) is 38.3 Å². The monoisotopic (exact) mass is 604 g/mol. The lowest BCUT2D eigenvalue weighted by Gasteiger charge is -2.42. The van der Waals surface area contributed by atoms with Crippen LogP contribution in [0.3, 0.4) is 0 Å². The van der Waals surface area contributed by atoms with Crippen LogP contribution in [-0.2, 0) is 29.4 Å². The van der Waals surface area contributed by atoms with Crippen LogP contribution < -0.4 is 10.2 Å². The summed E-state index contributed by atoms with van der Waals surface area (Å²) in [7, 11) is 1.63. The number of aromatic nitrogens is 1. The van der Waals surface area contributed by atoms with Crippen molar-refractivity contribution in [3.8, 4) is 0 Å². The number of pyridine rings is 1. The number of anilines is 1. The number of likely N-dealkylation sites (tertiary alicyclic amines) is 1. The van der Waals surface area contributed by atoms with Gasteiger partial charge >= 0.3 is 6.09 Å². The van der Waals surface area contributed by atoms with E-state index in [1.807, 2.05) is 26.8 Å². The minimum absolute atomic E-state index is 0.0701. The van der Waals surface area contributed by atoms with Crippen LogP contribution in [0.4, 0.5) is 10.6 Å². The van der Waals surface area contributed by atoms with Gasteiger partial charge in [0.15, 0.2) is 0 Å². The van der Waals surface area contributed by atoms with E-state index in [4.69, 9.17) is 14.2 Å². The Morgan fingerprint density at radius 3 is 2.28 bits per heavy atom. The molecule has 0 radical (unpaired) electrons. The maximum Gasteiger partial charge on any atom is 0.410 e. The summed E-state index contributed by atoms with van der Waals surface area (Å²) >= 11 is 0. The summed E-state index contributed by atoms with van der Waals surface area (Å²) in [6, 6.07) is 3.32. The number of aliphatic hydroxyl groups is 1. The fraction of sp³-hybridized carbons (Fsp3) is 0.750. The number of nitrogens with one attached hydrogen (secondary N) is 1. The number of piperidine rings is 1. The van der Waals surface area contributed by atoms with Gasteiger partial charge in [0.1, 0.15) is 11.4 Å². The van der Waals surface area contributed by atoms with E-state index in [0.29, 0.717) is 31.4 Å². The number of rotatable bonds is 12. The average molecular weight is 605 g/mol. The summed E-state index contributed by atoms with van der Waals surface area (Å²) in [5, 5.41) is 14.6. The zero-order chi connectivity index (χ0) is 32.1. The molecule has 1 aromatic heterocycles. The molecule has 2 fully saturated rings. The van der Waals surface area contributed by atoms with Gasteiger partial charge in [0.05, 0.1) is 36.2 Å². The van der Waals surface area contributed by atoms with Gasteiger partial charge in [-0.1, -0.05) is 19.9 Å². The molecule has 4 atom stereocenters. The lowest BCUT2D eigenvalue weighted by atomic mass is 9.84. The zero-order valence-corrected chi connectivity index (χ0v) is 27.4. The van der Waals surface area contributed by atoms with Crippen LogP contribution in [0.1, 0.15) is 80.2 Å². The molecule has 0 aromatic carbocycles. The Balaban J connectivity index is 1.92. The molecule has 1 saturated heterocycles. The maximum absolute atomic E-state index is 14.2. The predicted molar refractivity (Wildman–Crippen MR) is 163 cm³/mol. The van der Waals surface area contributed by atoms with Gasteiger partial charge in [0.25, 0.3) is 0 Å². The van der Waals surface area contributed by atoms with E-state index in [1.54, 1.807) is 45.0 Å². The molecule has 1 aliphatic heterocycles. The van der Waals surface area contributed by atoms with E-state index in [-0.39, 0.29) is 31.1 Å². The first kappa shape index (κ1) is 34.7. The second-order valence-corrected chi connectivity index (χ2v) is 13.6. The van der Waals surface area contributed by atoms with Gasteiger partial charge in [0.2, 0.25) is 11.8 Å². The Bertz CT molecular complexity index is 1100. The van der Waals surface area contributed by atoms with E-state index < -0.39 is 41.1 Å². The van der Waals surface area contributed by atoms with E-state index in [1.165, 1.54) is 4.90 Å². The molecule has 2 N–H and O–H groups in total. The fourth-order valence-corrected chi connectivity index (χ4v) is 5.28. The van der Waals surface area contributed by atoms with Crippen LogP contribution >= 0.6 is 0 Å². The molecular formula is C32H52N4O7. The number of nitrogens with zero attached hydrogens (tertiary/aromatic N) is 3. The van der Waals surface area contributed by atoms with Crippen LogP contribution in [0.25, 0.3) is 0 Å². The van der Waals surface area contributed by atoms with Crippen LogP contribution in [-0.4, -0.2) is 90.1 Å². The van der Waals surface area contributed by atoms with E-state index in [0.717, 1.165) is 18.4 Å². The third-order valence-corrected chi connectivity index (χ3v) is 7.94. The molecule has 1 aliphatic carbocycles. The van der Waals surface area contributed by atoms with Gasteiger partial charge in [-0.15, -0.1) is 0 Å². The molecule has 0 bridgehead atoms. The third kappa shape index (κ3) is 9.36. The minimum Gasteiger partial charge on any atom is -0.444 e. The Labute approximate surface area is 256 Å². The minimum atomic E-state index is -1.31. The molecule has 242 valence electrons. The first-order valence-electron chi connectivity index (χ1n) is 15.5. The van der Waals surface area contributed by atoms with Gasteiger partial charge in [-0.25, -0.2) is 9.78 Å². The van der Waals surface area contributed by atoms with Crippen LogP contribution in [0.2, 0.25) is 0 Å². The Morgan fingerprint density at radius 2 is 1.77 bits per heavy atom. The molecule has 1 aromatic rings. The molecule has 0 unspecified atom stereocenters. The second-order valence-electron chi connectivity index (χ2n) is 13.6. The van der Waals surface area contributed by atoms with Crippen molar-refractivity contribution in [2.45, 2.75) is 104 Å². The van der Waals surface area contributed by atoms with Crippen LogP contribution in [0, 0.1) is 17.8 Å². The lowest BCUT2D eigenvalue weighted by Crippen LogP contribution is -2.61. The molecule has 2 heterocycles. The molecule has 43 heavy (non-hydrogen) atoms. The molecule has 0 spiro atoms. The molecular weight excluding hydrogens is 552 g/mol. The summed E-state index contributed by atoms with van der Waals surface area (Å²) in [6.45, 7) is 15.8. The number of ether oxygens (including phenoxy) is 3. The third-order valence-electron chi connectivity index (χ3n) is 7.94. The standard InChI is InChI=1S/C32H52N4O7/c1-10-42-19-22(15-20(2)3)34-28(38)24-17-35(30(40)43-31(4,5)6)18-25(27(24)37)29(39)36(23-12-13-23)26-14-11-21(16-33-26)32(7,8)41-9/h11,14,16,20,22-25,27,37H,10,12-13,15,17-19H2,1-9H3,(H,34,38)/t22-,24-,25+,27-/m1/s1. The van der Waals surface area contributed by atoms with Crippen molar-refractivity contribution in [3.05, 3.63) is 23.9 Å². The van der Waals surface area contributed by atoms with Gasteiger partial charge in [-0.2, -0.15) is 0 Å². The highest BCUT2D eigenvalue weighted by atomic mass is 16.6. The normalized spacial score (nSPS) is 21.8. The van der Waals surface area contributed by atoms with E-state index >= 15 is 0 Å². The summed E-state index contributed by atoms with van der Waals surface area (Å²) in [5.74, 6) is -2.13. The lowest BCUT2D eigenvalue weighted by molar-refractivity contribution is -0.141. The molecule has 3 amide bonds. The topological polar surface area (TPSA) is 131 Å². The quantitative estimate of drug-likeness (QED) is 0.368. The van der Waals surface area contributed by atoms with Crippen molar-refractivity contribution in [2.24, 2.45) is 17.8 Å². The number of amides is 3. The van der Waals surface area contributed by atoms with E-state index in [9.17, 15) is 19.5 Å². The van der Waals surface area contributed by atoms with Gasteiger partial charge in [0, 0.05) is 44.6 Å². The first-order chi connectivity index (χ1) is 20.1. The maximum atomic E-state index is 14.2. The predicted octanol–water partition coefficient (Wildman–Crippen LogP) is 3.87. The number of carbonyl (C=O) groups excluding carboxylic acids is 3. The summed E-state index contributed by atoms with van der Waals surface area (Å²) in [5.41, 5.74) is -0.467. The van der Waals surface area contributed by atoms with Crippen molar-refractivity contribution in [1.82, 2.24) is 15.2 Å². The number of carbonyl (C=O) groups is 3. The number of hydrogen-bond acceptors (Lipinski definition) is 8. The summed E-state index contributed by atoms with van der Waals surface area (Å²) in [6.07, 6.45) is 2.03. The zero-order valence-electron chi connectivity index (χ0n) is 27.4.